The third-order valence-corrected chi connectivity index (χ3v) is 2.86. The zero-order chi connectivity index (χ0) is 12.3. The lowest BCUT2D eigenvalue weighted by molar-refractivity contribution is -0.159. The molecule has 1 aromatic rings. The number of hydrogen-bond acceptors (Lipinski definition) is 3. The Morgan fingerprint density at radius 1 is 1.24 bits per heavy atom. The molecule has 1 heterocycles. The van der Waals surface area contributed by atoms with Gasteiger partial charge < -0.3 is 4.74 Å². The van der Waals surface area contributed by atoms with Crippen LogP contribution in [-0.4, -0.2) is 17.9 Å². The summed E-state index contributed by atoms with van der Waals surface area (Å²) in [6.45, 7) is 1.79. The normalized spacial score (nSPS) is 25.0. The van der Waals surface area contributed by atoms with Crippen molar-refractivity contribution in [3.63, 3.8) is 0 Å². The van der Waals surface area contributed by atoms with Crippen LogP contribution in [0.25, 0.3) is 6.08 Å². The Morgan fingerprint density at radius 3 is 2.65 bits per heavy atom. The van der Waals surface area contributed by atoms with E-state index in [9.17, 15) is 9.59 Å². The second-order valence-corrected chi connectivity index (χ2v) is 4.16. The summed E-state index contributed by atoms with van der Waals surface area (Å²) in [7, 11) is 0. The van der Waals surface area contributed by atoms with Crippen LogP contribution in [0.15, 0.2) is 36.4 Å². The number of hydrogen-bond donors (Lipinski definition) is 0. The van der Waals surface area contributed by atoms with Crippen molar-refractivity contribution in [1.29, 1.82) is 0 Å². The van der Waals surface area contributed by atoms with E-state index in [1.165, 1.54) is 0 Å². The molecule has 0 amide bonds. The lowest BCUT2D eigenvalue weighted by Gasteiger charge is -2.24. The highest BCUT2D eigenvalue weighted by atomic mass is 16.5. The molecule has 0 spiro atoms. The number of cyclic esters (lactones) is 1. The van der Waals surface area contributed by atoms with E-state index in [0.29, 0.717) is 0 Å². The van der Waals surface area contributed by atoms with Crippen molar-refractivity contribution in [2.24, 2.45) is 5.92 Å². The SMILES string of the molecule is C[C@@H]1C(=O)CC(=O)O[C@H]1/C=C/c1ccccc1. The van der Waals surface area contributed by atoms with Gasteiger partial charge in [-0.2, -0.15) is 0 Å². The van der Waals surface area contributed by atoms with Gasteiger partial charge in [-0.15, -0.1) is 0 Å². The van der Waals surface area contributed by atoms with E-state index in [4.69, 9.17) is 4.74 Å². The van der Waals surface area contributed by atoms with Crippen molar-refractivity contribution in [3.05, 3.63) is 42.0 Å². The maximum atomic E-state index is 11.5. The third kappa shape index (κ3) is 2.81. The summed E-state index contributed by atoms with van der Waals surface area (Å²) < 4.78 is 5.14. The van der Waals surface area contributed by atoms with Gasteiger partial charge in [-0.25, -0.2) is 0 Å². The lowest BCUT2D eigenvalue weighted by atomic mass is 9.94. The number of carbonyl (C=O) groups excluding carboxylic acids is 2. The van der Waals surface area contributed by atoms with Gasteiger partial charge in [-0.1, -0.05) is 43.3 Å². The number of carbonyl (C=O) groups is 2. The van der Waals surface area contributed by atoms with Crippen molar-refractivity contribution >= 4 is 17.8 Å². The first kappa shape index (κ1) is 11.6. The minimum atomic E-state index is -0.441. The fourth-order valence-corrected chi connectivity index (χ4v) is 1.76. The molecule has 2 rings (SSSR count). The number of rotatable bonds is 2. The fraction of sp³-hybridized carbons (Fsp3) is 0.286. The minimum Gasteiger partial charge on any atom is -0.457 e. The lowest BCUT2D eigenvalue weighted by Crippen LogP contribution is -2.36. The van der Waals surface area contributed by atoms with Gasteiger partial charge in [0, 0.05) is 0 Å². The highest BCUT2D eigenvalue weighted by Crippen LogP contribution is 2.20. The zero-order valence-electron chi connectivity index (χ0n) is 9.63. The van der Waals surface area contributed by atoms with Crippen LogP contribution in [0, 0.1) is 5.92 Å². The third-order valence-electron chi connectivity index (χ3n) is 2.86. The molecule has 0 saturated carbocycles. The number of ether oxygens (including phenoxy) is 1. The van der Waals surface area contributed by atoms with E-state index >= 15 is 0 Å². The molecule has 0 aromatic heterocycles. The van der Waals surface area contributed by atoms with Crippen molar-refractivity contribution in [1.82, 2.24) is 0 Å². The molecule has 0 N–H and O–H groups in total. The van der Waals surface area contributed by atoms with Crippen molar-refractivity contribution < 1.29 is 14.3 Å². The number of ketones is 1. The highest BCUT2D eigenvalue weighted by Gasteiger charge is 2.32. The molecular weight excluding hydrogens is 216 g/mol. The Kier molecular flexibility index (Phi) is 3.38. The van der Waals surface area contributed by atoms with Gasteiger partial charge in [0.25, 0.3) is 0 Å². The first-order valence-electron chi connectivity index (χ1n) is 5.62. The summed E-state index contributed by atoms with van der Waals surface area (Å²) in [6, 6.07) is 9.70. The molecular formula is C14H14O3. The Bertz CT molecular complexity index is 448. The molecule has 88 valence electrons. The maximum Gasteiger partial charge on any atom is 0.313 e. The van der Waals surface area contributed by atoms with Crippen LogP contribution in [0.4, 0.5) is 0 Å². The summed E-state index contributed by atoms with van der Waals surface area (Å²) in [5, 5.41) is 0. The van der Waals surface area contributed by atoms with E-state index < -0.39 is 12.1 Å². The van der Waals surface area contributed by atoms with Gasteiger partial charge in [0.2, 0.25) is 0 Å². The zero-order valence-corrected chi connectivity index (χ0v) is 9.63. The first-order valence-corrected chi connectivity index (χ1v) is 5.62. The fourth-order valence-electron chi connectivity index (χ4n) is 1.76. The quantitative estimate of drug-likeness (QED) is 0.578. The first-order chi connectivity index (χ1) is 8.16. The molecule has 1 fully saturated rings. The van der Waals surface area contributed by atoms with Crippen LogP contribution in [0.3, 0.4) is 0 Å². The summed E-state index contributed by atoms with van der Waals surface area (Å²) in [4.78, 5) is 22.7. The summed E-state index contributed by atoms with van der Waals surface area (Å²) >= 11 is 0. The average Bonchev–Trinajstić information content (AvgIpc) is 2.33. The predicted molar refractivity (Wildman–Crippen MR) is 64.1 cm³/mol. The van der Waals surface area contributed by atoms with Crippen LogP contribution < -0.4 is 0 Å². The minimum absolute atomic E-state index is 0.0519. The molecule has 1 saturated heterocycles. The Labute approximate surface area is 100 Å². The molecule has 0 radical (unpaired) electrons. The van der Waals surface area contributed by atoms with E-state index in [-0.39, 0.29) is 18.1 Å². The molecule has 0 bridgehead atoms. The summed E-state index contributed by atoms with van der Waals surface area (Å²) in [5.74, 6) is -0.743. The van der Waals surface area contributed by atoms with Crippen LogP contribution in [0.5, 0.6) is 0 Å². The van der Waals surface area contributed by atoms with Gasteiger partial charge in [0.05, 0.1) is 5.92 Å². The molecule has 0 unspecified atom stereocenters. The average molecular weight is 230 g/mol. The summed E-state index contributed by atoms with van der Waals surface area (Å²) in [6.07, 6.45) is 3.10. The molecule has 3 heteroatoms. The van der Waals surface area contributed by atoms with Gasteiger partial charge in [-0.3, -0.25) is 9.59 Å². The Balaban J connectivity index is 2.10. The van der Waals surface area contributed by atoms with Gasteiger partial charge >= 0.3 is 5.97 Å². The molecule has 1 aromatic carbocycles. The largest absolute Gasteiger partial charge is 0.457 e. The van der Waals surface area contributed by atoms with E-state index in [1.807, 2.05) is 36.4 Å². The van der Waals surface area contributed by atoms with E-state index in [1.54, 1.807) is 13.0 Å². The Morgan fingerprint density at radius 2 is 1.94 bits per heavy atom. The van der Waals surface area contributed by atoms with Crippen molar-refractivity contribution in [2.75, 3.05) is 0 Å². The Hall–Kier alpha value is -1.90. The van der Waals surface area contributed by atoms with Crippen LogP contribution >= 0.6 is 0 Å². The standard InChI is InChI=1S/C14H14O3/c1-10-12(15)9-14(16)17-13(10)8-7-11-5-3-2-4-6-11/h2-8,10,13H,9H2,1H3/b8-7+/t10-,13+/m1/s1. The molecule has 3 nitrogen and oxygen atoms in total. The van der Waals surface area contributed by atoms with Crippen LogP contribution in [-0.2, 0) is 14.3 Å². The molecule has 17 heavy (non-hydrogen) atoms. The second-order valence-electron chi connectivity index (χ2n) is 4.16. The molecule has 1 aliphatic rings. The highest BCUT2D eigenvalue weighted by molar-refractivity contribution is 5.99. The number of benzene rings is 1. The van der Waals surface area contributed by atoms with Gasteiger partial charge in [0.1, 0.15) is 12.5 Å². The van der Waals surface area contributed by atoms with Crippen molar-refractivity contribution in [3.8, 4) is 0 Å². The second kappa shape index (κ2) is 4.95. The van der Waals surface area contributed by atoms with Crippen LogP contribution in [0.1, 0.15) is 18.9 Å². The van der Waals surface area contributed by atoms with Gasteiger partial charge in [0.15, 0.2) is 5.78 Å². The smallest absolute Gasteiger partial charge is 0.313 e. The monoisotopic (exact) mass is 230 g/mol. The van der Waals surface area contributed by atoms with E-state index in [2.05, 4.69) is 0 Å². The number of esters is 1. The van der Waals surface area contributed by atoms with Crippen molar-refractivity contribution in [2.45, 2.75) is 19.4 Å². The topological polar surface area (TPSA) is 43.4 Å². The predicted octanol–water partition coefficient (Wildman–Crippen LogP) is 2.22. The van der Waals surface area contributed by atoms with E-state index in [0.717, 1.165) is 5.56 Å². The molecule has 0 aliphatic carbocycles. The van der Waals surface area contributed by atoms with Gasteiger partial charge in [-0.05, 0) is 11.6 Å². The number of Topliss-reactive ketones (excluding diaryl/α,β-unsaturated/α-hetero) is 1. The maximum absolute atomic E-state index is 11.5. The molecule has 2 atom stereocenters. The molecule has 1 aliphatic heterocycles. The van der Waals surface area contributed by atoms with Crippen LogP contribution in [0.2, 0.25) is 0 Å². The summed E-state index contributed by atoms with van der Waals surface area (Å²) in [5.41, 5.74) is 1.02.